The second-order valence-corrected chi connectivity index (χ2v) is 4.69. The average Bonchev–Trinajstić information content (AvgIpc) is 2.40. The van der Waals surface area contributed by atoms with Crippen LogP contribution in [0.5, 0.6) is 0 Å². The van der Waals surface area contributed by atoms with Crippen molar-refractivity contribution in [1.29, 1.82) is 0 Å². The fourth-order valence-electron chi connectivity index (χ4n) is 1.33. The van der Waals surface area contributed by atoms with Crippen molar-refractivity contribution < 1.29 is 19.4 Å². The first-order chi connectivity index (χ1) is 9.01. The van der Waals surface area contributed by atoms with Gasteiger partial charge in [-0.1, -0.05) is 11.6 Å². The van der Waals surface area contributed by atoms with E-state index in [9.17, 15) is 14.7 Å². The van der Waals surface area contributed by atoms with Gasteiger partial charge in [-0.3, -0.25) is 4.79 Å². The Morgan fingerprint density at radius 3 is 2.37 bits per heavy atom. The van der Waals surface area contributed by atoms with E-state index in [4.69, 9.17) is 11.6 Å². The van der Waals surface area contributed by atoms with Crippen LogP contribution < -0.4 is 0 Å². The van der Waals surface area contributed by atoms with Gasteiger partial charge in [0, 0.05) is 10.6 Å². The number of aliphatic hydroxyl groups excluding tert-OH is 1. The van der Waals surface area contributed by atoms with E-state index in [-0.39, 0.29) is 17.3 Å². The van der Waals surface area contributed by atoms with Crippen LogP contribution in [0.1, 0.15) is 12.5 Å². The molecule has 0 unspecified atom stereocenters. The summed E-state index contributed by atoms with van der Waals surface area (Å²) in [5.74, 6) is -2.10. The van der Waals surface area contributed by atoms with Gasteiger partial charge in [0.25, 0.3) is 5.78 Å². The van der Waals surface area contributed by atoms with E-state index < -0.39 is 11.8 Å². The highest BCUT2D eigenvalue weighted by atomic mass is 35.5. The molecule has 0 aliphatic rings. The molecule has 0 aliphatic heterocycles. The maximum Gasteiger partial charge on any atom is 0.380 e. The molecule has 4 nitrogen and oxygen atoms in total. The summed E-state index contributed by atoms with van der Waals surface area (Å²) in [7, 11) is 0. The van der Waals surface area contributed by atoms with Crippen LogP contribution in [0.4, 0.5) is 0 Å². The minimum atomic E-state index is -0.979. The number of aliphatic hydroxyl groups is 1. The highest BCUT2D eigenvalue weighted by molar-refractivity contribution is 8.03. The third-order valence-corrected chi connectivity index (χ3v) is 3.24. The Balaban J connectivity index is 3.11. The van der Waals surface area contributed by atoms with Gasteiger partial charge in [0.05, 0.1) is 6.61 Å². The lowest BCUT2D eigenvalue weighted by molar-refractivity contribution is -0.151. The number of hydrogen-bond donors (Lipinski definition) is 1. The summed E-state index contributed by atoms with van der Waals surface area (Å²) in [6.07, 6.45) is 1.60. The van der Waals surface area contributed by atoms with Gasteiger partial charge in [-0.05, 0) is 37.4 Å². The molecule has 0 fully saturated rings. The summed E-state index contributed by atoms with van der Waals surface area (Å²) in [6, 6.07) is 6.29. The van der Waals surface area contributed by atoms with Crippen molar-refractivity contribution in [3.05, 3.63) is 39.8 Å². The molecular weight excluding hydrogens is 288 g/mol. The van der Waals surface area contributed by atoms with Gasteiger partial charge in [-0.25, -0.2) is 4.79 Å². The molecule has 0 saturated carbocycles. The number of halogens is 1. The SMILES string of the molecule is CCOC(=O)C(=O)C(SC)=C(O)c1ccc(Cl)cc1. The summed E-state index contributed by atoms with van der Waals surface area (Å²) in [6.45, 7) is 1.71. The molecule has 0 aliphatic carbocycles. The van der Waals surface area contributed by atoms with Crippen LogP contribution in [0, 0.1) is 0 Å². The number of carbonyl (C=O) groups is 2. The lowest BCUT2D eigenvalue weighted by Crippen LogP contribution is -2.19. The Bertz CT molecular complexity index is 508. The van der Waals surface area contributed by atoms with E-state index in [0.717, 1.165) is 11.8 Å². The summed E-state index contributed by atoms with van der Waals surface area (Å²) in [5, 5.41) is 10.6. The first-order valence-electron chi connectivity index (χ1n) is 5.45. The molecular formula is C13H13ClO4S. The molecule has 1 aromatic rings. The van der Waals surface area contributed by atoms with Crippen molar-refractivity contribution in [1.82, 2.24) is 0 Å². The number of benzene rings is 1. The number of carbonyl (C=O) groups excluding carboxylic acids is 2. The molecule has 0 heterocycles. The average molecular weight is 301 g/mol. The predicted molar refractivity (Wildman–Crippen MR) is 76.2 cm³/mol. The van der Waals surface area contributed by atoms with Gasteiger partial charge in [0.1, 0.15) is 10.7 Å². The van der Waals surface area contributed by atoms with E-state index in [1.165, 1.54) is 0 Å². The fourth-order valence-corrected chi connectivity index (χ4v) is 2.03. The van der Waals surface area contributed by atoms with Crippen LogP contribution in [0.15, 0.2) is 29.2 Å². The van der Waals surface area contributed by atoms with Crippen molar-refractivity contribution in [3.8, 4) is 0 Å². The maximum atomic E-state index is 11.8. The van der Waals surface area contributed by atoms with E-state index >= 15 is 0 Å². The van der Waals surface area contributed by atoms with Crippen LogP contribution in [-0.2, 0) is 14.3 Å². The largest absolute Gasteiger partial charge is 0.506 e. The van der Waals surface area contributed by atoms with Crippen molar-refractivity contribution >= 4 is 40.9 Å². The molecule has 102 valence electrons. The number of esters is 1. The fraction of sp³-hybridized carbons (Fsp3) is 0.231. The second-order valence-electron chi connectivity index (χ2n) is 3.44. The standard InChI is InChI=1S/C13H13ClO4S/c1-3-18-13(17)11(16)12(19-2)10(15)8-4-6-9(14)7-5-8/h4-7,15H,3H2,1-2H3. The summed E-state index contributed by atoms with van der Waals surface area (Å²) in [5.41, 5.74) is 0.409. The highest BCUT2D eigenvalue weighted by Gasteiger charge is 2.24. The number of rotatable bonds is 5. The second kappa shape index (κ2) is 7.21. The van der Waals surface area contributed by atoms with E-state index in [1.54, 1.807) is 37.4 Å². The maximum absolute atomic E-state index is 11.8. The van der Waals surface area contributed by atoms with Gasteiger partial charge in [-0.15, -0.1) is 11.8 Å². The lowest BCUT2D eigenvalue weighted by Gasteiger charge is -2.07. The van der Waals surface area contributed by atoms with Crippen LogP contribution in [0.25, 0.3) is 5.76 Å². The molecule has 0 amide bonds. The Labute approximate surface area is 120 Å². The minimum Gasteiger partial charge on any atom is -0.506 e. The molecule has 1 aromatic carbocycles. The molecule has 0 atom stereocenters. The summed E-state index contributed by atoms with van der Waals surface area (Å²) in [4.78, 5) is 23.1. The van der Waals surface area contributed by atoms with Crippen molar-refractivity contribution in [3.63, 3.8) is 0 Å². The summed E-state index contributed by atoms with van der Waals surface area (Å²) >= 11 is 6.73. The van der Waals surface area contributed by atoms with Crippen LogP contribution in [0.3, 0.4) is 0 Å². The zero-order chi connectivity index (χ0) is 14.4. The third kappa shape index (κ3) is 4.01. The molecule has 19 heavy (non-hydrogen) atoms. The lowest BCUT2D eigenvalue weighted by atomic mass is 10.1. The molecule has 0 radical (unpaired) electrons. The molecule has 0 spiro atoms. The first-order valence-corrected chi connectivity index (χ1v) is 7.06. The topological polar surface area (TPSA) is 63.6 Å². The first kappa shape index (κ1) is 15.6. The molecule has 1 rings (SSSR count). The van der Waals surface area contributed by atoms with Gasteiger partial charge >= 0.3 is 5.97 Å². The Kier molecular flexibility index (Phi) is 5.92. The minimum absolute atomic E-state index is 0.0548. The molecule has 6 heteroatoms. The Hall–Kier alpha value is -1.46. The zero-order valence-corrected chi connectivity index (χ0v) is 12.0. The number of thioether (sulfide) groups is 1. The Morgan fingerprint density at radius 2 is 1.89 bits per heavy atom. The smallest absolute Gasteiger partial charge is 0.380 e. The van der Waals surface area contributed by atoms with Crippen molar-refractivity contribution in [2.45, 2.75) is 6.92 Å². The summed E-state index contributed by atoms with van der Waals surface area (Å²) < 4.78 is 4.62. The number of hydrogen-bond acceptors (Lipinski definition) is 5. The van der Waals surface area contributed by atoms with Crippen LogP contribution >= 0.6 is 23.4 Å². The molecule has 0 saturated heterocycles. The molecule has 0 bridgehead atoms. The van der Waals surface area contributed by atoms with Crippen LogP contribution in [-0.4, -0.2) is 29.7 Å². The van der Waals surface area contributed by atoms with Crippen molar-refractivity contribution in [2.24, 2.45) is 0 Å². The van der Waals surface area contributed by atoms with Gasteiger partial charge in [-0.2, -0.15) is 0 Å². The van der Waals surface area contributed by atoms with E-state index in [2.05, 4.69) is 4.74 Å². The Morgan fingerprint density at radius 1 is 1.32 bits per heavy atom. The number of ether oxygens (including phenoxy) is 1. The monoisotopic (exact) mass is 300 g/mol. The zero-order valence-electron chi connectivity index (χ0n) is 10.5. The van der Waals surface area contributed by atoms with Crippen LogP contribution in [0.2, 0.25) is 5.02 Å². The van der Waals surface area contributed by atoms with Gasteiger partial charge in [0.2, 0.25) is 0 Å². The third-order valence-electron chi connectivity index (χ3n) is 2.20. The van der Waals surface area contributed by atoms with Gasteiger partial charge in [0.15, 0.2) is 0 Å². The van der Waals surface area contributed by atoms with Crippen molar-refractivity contribution in [2.75, 3.05) is 12.9 Å². The normalized spacial score (nSPS) is 11.7. The quantitative estimate of drug-likeness (QED) is 0.392. The number of Topliss-reactive ketones (excluding diaryl/α,β-unsaturated/α-hetero) is 1. The van der Waals surface area contributed by atoms with E-state index in [0.29, 0.717) is 10.6 Å². The number of ketones is 1. The predicted octanol–water partition coefficient (Wildman–Crippen LogP) is 3.06. The molecule has 0 aromatic heterocycles. The van der Waals surface area contributed by atoms with Gasteiger partial charge < -0.3 is 9.84 Å². The highest BCUT2D eigenvalue weighted by Crippen LogP contribution is 2.25. The molecule has 1 N–H and O–H groups in total. The van der Waals surface area contributed by atoms with E-state index in [1.807, 2.05) is 0 Å².